The van der Waals surface area contributed by atoms with Crippen molar-refractivity contribution in [3.8, 4) is 0 Å². The van der Waals surface area contributed by atoms with Crippen LogP contribution in [0, 0.1) is 5.92 Å². The quantitative estimate of drug-likeness (QED) is 0.526. The SMILES string of the molecule is CCNC(=NCc1cccnc1N1CCC(C(N)=O)CC1)N1CC=C(c2ccccc2)CC1. The molecule has 2 aliphatic rings. The van der Waals surface area contributed by atoms with Crippen LogP contribution in [-0.4, -0.2) is 54.5 Å². The van der Waals surface area contributed by atoms with Crippen LogP contribution in [0.2, 0.25) is 0 Å². The van der Waals surface area contributed by atoms with Crippen molar-refractivity contribution in [1.82, 2.24) is 15.2 Å². The van der Waals surface area contributed by atoms with E-state index in [4.69, 9.17) is 10.7 Å². The fourth-order valence-corrected chi connectivity index (χ4v) is 4.58. The first kappa shape index (κ1) is 22.8. The summed E-state index contributed by atoms with van der Waals surface area (Å²) < 4.78 is 0. The molecule has 1 amide bonds. The number of aromatic nitrogens is 1. The second kappa shape index (κ2) is 11.0. The molecule has 0 spiro atoms. The first-order valence-corrected chi connectivity index (χ1v) is 11.9. The van der Waals surface area contributed by atoms with E-state index in [-0.39, 0.29) is 11.8 Å². The van der Waals surface area contributed by atoms with Gasteiger partial charge in [0, 0.05) is 50.4 Å². The average Bonchev–Trinajstić information content (AvgIpc) is 2.87. The van der Waals surface area contributed by atoms with Gasteiger partial charge >= 0.3 is 0 Å². The highest BCUT2D eigenvalue weighted by Crippen LogP contribution is 2.25. The lowest BCUT2D eigenvalue weighted by Crippen LogP contribution is -2.43. The molecule has 0 unspecified atom stereocenters. The third-order valence-corrected chi connectivity index (χ3v) is 6.45. The lowest BCUT2D eigenvalue weighted by Gasteiger charge is -2.32. The van der Waals surface area contributed by atoms with Gasteiger partial charge in [0.15, 0.2) is 5.96 Å². The molecular formula is C26H34N6O. The number of hydrogen-bond donors (Lipinski definition) is 2. The Hall–Kier alpha value is -3.35. The minimum atomic E-state index is -0.193. The molecule has 1 aromatic carbocycles. The van der Waals surface area contributed by atoms with Crippen LogP contribution in [-0.2, 0) is 11.3 Å². The van der Waals surface area contributed by atoms with Crippen molar-refractivity contribution in [2.24, 2.45) is 16.6 Å². The fourth-order valence-electron chi connectivity index (χ4n) is 4.58. The second-order valence-electron chi connectivity index (χ2n) is 8.61. The summed E-state index contributed by atoms with van der Waals surface area (Å²) in [5.74, 6) is 1.68. The molecule has 33 heavy (non-hydrogen) atoms. The van der Waals surface area contributed by atoms with E-state index in [0.717, 1.165) is 69.3 Å². The van der Waals surface area contributed by atoms with Gasteiger partial charge in [-0.2, -0.15) is 0 Å². The number of hydrogen-bond acceptors (Lipinski definition) is 4. The molecule has 4 rings (SSSR count). The molecule has 2 aliphatic heterocycles. The summed E-state index contributed by atoms with van der Waals surface area (Å²) in [5, 5.41) is 3.46. The summed E-state index contributed by atoms with van der Waals surface area (Å²) in [6.07, 6.45) is 6.70. The second-order valence-corrected chi connectivity index (χ2v) is 8.61. The minimum absolute atomic E-state index is 0.0280. The van der Waals surface area contributed by atoms with Gasteiger partial charge in [-0.25, -0.2) is 9.98 Å². The predicted molar refractivity (Wildman–Crippen MR) is 134 cm³/mol. The van der Waals surface area contributed by atoms with Crippen LogP contribution in [0.15, 0.2) is 59.7 Å². The number of piperidine rings is 1. The lowest BCUT2D eigenvalue weighted by molar-refractivity contribution is -0.122. The van der Waals surface area contributed by atoms with E-state index < -0.39 is 0 Å². The highest BCUT2D eigenvalue weighted by atomic mass is 16.1. The van der Waals surface area contributed by atoms with Crippen molar-refractivity contribution >= 4 is 23.3 Å². The van der Waals surface area contributed by atoms with E-state index in [1.807, 2.05) is 12.3 Å². The van der Waals surface area contributed by atoms with Gasteiger partial charge in [0.25, 0.3) is 0 Å². The smallest absolute Gasteiger partial charge is 0.220 e. The van der Waals surface area contributed by atoms with Crippen LogP contribution in [0.25, 0.3) is 5.57 Å². The molecule has 0 saturated carbocycles. The number of nitrogens with zero attached hydrogens (tertiary/aromatic N) is 4. The van der Waals surface area contributed by atoms with Crippen LogP contribution < -0.4 is 16.0 Å². The van der Waals surface area contributed by atoms with Crippen molar-refractivity contribution in [2.45, 2.75) is 32.7 Å². The number of amides is 1. The van der Waals surface area contributed by atoms with Gasteiger partial charge in [-0.05, 0) is 43.4 Å². The molecule has 0 radical (unpaired) electrons. The van der Waals surface area contributed by atoms with Gasteiger partial charge in [0.1, 0.15) is 5.82 Å². The van der Waals surface area contributed by atoms with E-state index in [1.165, 1.54) is 11.1 Å². The third kappa shape index (κ3) is 5.72. The summed E-state index contributed by atoms with van der Waals surface area (Å²) >= 11 is 0. The van der Waals surface area contributed by atoms with Crippen LogP contribution in [0.1, 0.15) is 37.3 Å². The van der Waals surface area contributed by atoms with Crippen LogP contribution in [0.3, 0.4) is 0 Å². The standard InChI is InChI=1S/C26H34N6O/c1-2-28-26(32-17-10-21(11-18-32)20-7-4-3-5-8-20)30-19-23-9-6-14-29-25(23)31-15-12-22(13-16-31)24(27)33/h3-10,14,22H,2,11-13,15-19H2,1H3,(H2,27,33)(H,28,30). The average molecular weight is 447 g/mol. The maximum Gasteiger partial charge on any atom is 0.220 e. The molecule has 174 valence electrons. The van der Waals surface area contributed by atoms with E-state index in [1.54, 1.807) is 0 Å². The van der Waals surface area contributed by atoms with Crippen molar-refractivity contribution in [3.63, 3.8) is 0 Å². The Balaban J connectivity index is 1.45. The fraction of sp³-hybridized carbons (Fsp3) is 0.423. The van der Waals surface area contributed by atoms with Crippen molar-refractivity contribution in [1.29, 1.82) is 0 Å². The molecule has 3 heterocycles. The van der Waals surface area contributed by atoms with Crippen molar-refractivity contribution < 1.29 is 4.79 Å². The van der Waals surface area contributed by atoms with Crippen LogP contribution in [0.4, 0.5) is 5.82 Å². The topological polar surface area (TPSA) is 86.9 Å². The molecular weight excluding hydrogens is 412 g/mol. The molecule has 1 aromatic heterocycles. The molecule has 3 N–H and O–H groups in total. The lowest BCUT2D eigenvalue weighted by atomic mass is 9.96. The zero-order valence-electron chi connectivity index (χ0n) is 19.4. The number of primary amides is 1. The van der Waals surface area contributed by atoms with Crippen molar-refractivity contribution in [3.05, 3.63) is 65.9 Å². The number of guanidine groups is 1. The zero-order chi connectivity index (χ0) is 23.0. The number of benzene rings is 1. The number of nitrogens with two attached hydrogens (primary N) is 1. The number of rotatable bonds is 6. The van der Waals surface area contributed by atoms with Gasteiger partial charge in [0.2, 0.25) is 5.91 Å². The van der Waals surface area contributed by atoms with Gasteiger partial charge in [-0.3, -0.25) is 4.79 Å². The number of aliphatic imine (C=N–C) groups is 1. The number of anilines is 1. The summed E-state index contributed by atoms with van der Waals surface area (Å²) in [4.78, 5) is 25.7. The van der Waals surface area contributed by atoms with E-state index >= 15 is 0 Å². The number of pyridine rings is 1. The zero-order valence-corrected chi connectivity index (χ0v) is 19.4. The Kier molecular flexibility index (Phi) is 7.60. The Morgan fingerprint density at radius 2 is 1.94 bits per heavy atom. The minimum Gasteiger partial charge on any atom is -0.369 e. The first-order valence-electron chi connectivity index (χ1n) is 11.9. The van der Waals surface area contributed by atoms with Gasteiger partial charge in [0.05, 0.1) is 6.54 Å². The Morgan fingerprint density at radius 1 is 1.15 bits per heavy atom. The third-order valence-electron chi connectivity index (χ3n) is 6.45. The Labute approximate surface area is 196 Å². The Morgan fingerprint density at radius 3 is 2.61 bits per heavy atom. The molecule has 1 fully saturated rings. The summed E-state index contributed by atoms with van der Waals surface area (Å²) in [7, 11) is 0. The van der Waals surface area contributed by atoms with Crippen molar-refractivity contribution in [2.75, 3.05) is 37.6 Å². The monoisotopic (exact) mass is 446 g/mol. The first-order chi connectivity index (χ1) is 16.2. The molecule has 1 saturated heterocycles. The largest absolute Gasteiger partial charge is 0.369 e. The maximum absolute atomic E-state index is 11.5. The highest BCUT2D eigenvalue weighted by Gasteiger charge is 2.25. The Bertz CT molecular complexity index is 995. The molecule has 7 nitrogen and oxygen atoms in total. The van der Waals surface area contributed by atoms with Crippen LogP contribution in [0.5, 0.6) is 0 Å². The van der Waals surface area contributed by atoms with E-state index in [2.05, 4.69) is 69.5 Å². The van der Waals surface area contributed by atoms with Crippen LogP contribution >= 0.6 is 0 Å². The number of carbonyl (C=O) groups is 1. The van der Waals surface area contributed by atoms with Gasteiger partial charge < -0.3 is 20.9 Å². The number of nitrogens with one attached hydrogen (secondary N) is 1. The predicted octanol–water partition coefficient (Wildman–Crippen LogP) is 3.04. The molecule has 0 bridgehead atoms. The highest BCUT2D eigenvalue weighted by molar-refractivity contribution is 5.81. The van der Waals surface area contributed by atoms with E-state index in [9.17, 15) is 4.79 Å². The summed E-state index contributed by atoms with van der Waals surface area (Å²) in [6, 6.07) is 14.7. The number of carbonyl (C=O) groups excluding carboxylic acids is 1. The van der Waals surface area contributed by atoms with Gasteiger partial charge in [-0.1, -0.05) is 42.5 Å². The molecule has 2 aromatic rings. The molecule has 0 aliphatic carbocycles. The summed E-state index contributed by atoms with van der Waals surface area (Å²) in [5.41, 5.74) is 9.30. The van der Waals surface area contributed by atoms with E-state index in [0.29, 0.717) is 6.54 Å². The molecule has 7 heteroatoms. The normalized spacial score (nSPS) is 17.6. The summed E-state index contributed by atoms with van der Waals surface area (Å²) in [6.45, 7) is 6.85. The van der Waals surface area contributed by atoms with Gasteiger partial charge in [-0.15, -0.1) is 0 Å². The molecule has 0 atom stereocenters. The maximum atomic E-state index is 11.5.